The number of anilines is 3. The van der Waals surface area contributed by atoms with E-state index in [0.29, 0.717) is 0 Å². The predicted octanol–water partition coefficient (Wildman–Crippen LogP) is 5.29. The van der Waals surface area contributed by atoms with E-state index in [1.54, 1.807) is 6.20 Å². The Morgan fingerprint density at radius 2 is 1.61 bits per heavy atom. The van der Waals surface area contributed by atoms with E-state index in [-0.39, 0.29) is 0 Å². The number of pyridine rings is 2. The molecule has 3 heterocycles. The minimum atomic E-state index is 0.728. The first-order valence-electron chi connectivity index (χ1n) is 7.43. The van der Waals surface area contributed by atoms with Gasteiger partial charge in [0.05, 0.1) is 5.69 Å². The molecule has 0 N–H and O–H groups in total. The molecule has 0 fully saturated rings. The number of aryl methyl sites for hydroxylation is 2. The summed E-state index contributed by atoms with van der Waals surface area (Å²) in [5, 5.41) is 8.73. The molecule has 0 unspecified atom stereocenters. The summed E-state index contributed by atoms with van der Waals surface area (Å²) in [5.74, 6) is 1.48. The summed E-state index contributed by atoms with van der Waals surface area (Å²) in [6.45, 7) is 4.07. The number of hydrogen-bond donors (Lipinski definition) is 0. The molecule has 0 saturated carbocycles. The molecule has 0 amide bonds. The highest BCUT2D eigenvalue weighted by atomic mass is 15.3. The standard InChI is InChI=1S/C18H15N5/c1-12-10-15-18(20-11-12)23(16-8-4-3-6-13(16)2)17-14(21-22-15)7-5-9-19-17/h3-11H,1-2H3. The van der Waals surface area contributed by atoms with Crippen LogP contribution in [0.1, 0.15) is 11.1 Å². The molecule has 1 aliphatic heterocycles. The Balaban J connectivity index is 2.04. The predicted molar refractivity (Wildman–Crippen MR) is 90.4 cm³/mol. The van der Waals surface area contributed by atoms with E-state index in [0.717, 1.165) is 39.8 Å². The molecule has 23 heavy (non-hydrogen) atoms. The minimum Gasteiger partial charge on any atom is -0.275 e. The normalized spacial score (nSPS) is 12.5. The van der Waals surface area contributed by atoms with Gasteiger partial charge in [0.25, 0.3) is 0 Å². The lowest BCUT2D eigenvalue weighted by molar-refractivity contribution is 1.12. The quantitative estimate of drug-likeness (QED) is 0.480. The highest BCUT2D eigenvalue weighted by molar-refractivity contribution is 5.85. The molecule has 0 spiro atoms. The van der Waals surface area contributed by atoms with Crippen LogP contribution in [0.25, 0.3) is 0 Å². The van der Waals surface area contributed by atoms with Gasteiger partial charge in [0.2, 0.25) is 0 Å². The maximum absolute atomic E-state index is 4.61. The first-order chi connectivity index (χ1) is 11.2. The average Bonchev–Trinajstić information content (AvgIpc) is 2.72. The molecule has 0 saturated heterocycles. The molecular weight excluding hydrogens is 286 g/mol. The summed E-state index contributed by atoms with van der Waals surface area (Å²) < 4.78 is 0. The number of rotatable bonds is 1. The van der Waals surface area contributed by atoms with Crippen LogP contribution in [0, 0.1) is 13.8 Å². The largest absolute Gasteiger partial charge is 0.275 e. The minimum absolute atomic E-state index is 0.728. The van der Waals surface area contributed by atoms with E-state index in [2.05, 4.69) is 39.3 Å². The Bertz CT molecular complexity index is 917. The lowest BCUT2D eigenvalue weighted by Crippen LogP contribution is -2.14. The third-order valence-corrected chi connectivity index (χ3v) is 3.80. The van der Waals surface area contributed by atoms with E-state index in [1.165, 1.54) is 0 Å². The fraction of sp³-hybridized carbons (Fsp3) is 0.111. The van der Waals surface area contributed by atoms with Gasteiger partial charge < -0.3 is 0 Å². The molecule has 1 aromatic carbocycles. The number of benzene rings is 1. The lowest BCUT2D eigenvalue weighted by atomic mass is 10.1. The Morgan fingerprint density at radius 3 is 2.48 bits per heavy atom. The molecule has 0 atom stereocenters. The fourth-order valence-electron chi connectivity index (χ4n) is 2.68. The van der Waals surface area contributed by atoms with Gasteiger partial charge in [-0.1, -0.05) is 18.2 Å². The summed E-state index contributed by atoms with van der Waals surface area (Å²) in [5.41, 5.74) is 4.68. The van der Waals surface area contributed by atoms with Crippen LogP contribution in [-0.4, -0.2) is 9.97 Å². The summed E-state index contributed by atoms with van der Waals surface area (Å²) in [6.07, 6.45) is 3.60. The molecule has 5 nitrogen and oxygen atoms in total. The molecule has 0 aliphatic carbocycles. The van der Waals surface area contributed by atoms with Crippen molar-refractivity contribution in [1.29, 1.82) is 0 Å². The van der Waals surface area contributed by atoms with Crippen molar-refractivity contribution in [3.05, 3.63) is 66.0 Å². The zero-order chi connectivity index (χ0) is 15.8. The van der Waals surface area contributed by atoms with Crippen LogP contribution < -0.4 is 4.90 Å². The van der Waals surface area contributed by atoms with Crippen LogP contribution in [-0.2, 0) is 0 Å². The number of fused-ring (bicyclic) bond motifs is 2. The Hall–Kier alpha value is -3.08. The second-order valence-electron chi connectivity index (χ2n) is 5.52. The zero-order valence-corrected chi connectivity index (χ0v) is 12.9. The highest BCUT2D eigenvalue weighted by Gasteiger charge is 2.24. The first kappa shape index (κ1) is 13.6. The van der Waals surface area contributed by atoms with E-state index in [1.807, 2.05) is 48.4 Å². The summed E-state index contributed by atoms with van der Waals surface area (Å²) in [4.78, 5) is 11.2. The zero-order valence-electron chi connectivity index (χ0n) is 12.9. The van der Waals surface area contributed by atoms with E-state index in [9.17, 15) is 0 Å². The van der Waals surface area contributed by atoms with Crippen LogP contribution in [0.2, 0.25) is 0 Å². The van der Waals surface area contributed by atoms with Gasteiger partial charge in [0.1, 0.15) is 11.4 Å². The number of nitrogens with zero attached hydrogens (tertiary/aromatic N) is 5. The summed E-state index contributed by atoms with van der Waals surface area (Å²) >= 11 is 0. The second-order valence-corrected chi connectivity index (χ2v) is 5.52. The molecule has 4 rings (SSSR count). The van der Waals surface area contributed by atoms with Gasteiger partial charge in [-0.2, -0.15) is 0 Å². The molecule has 0 radical (unpaired) electrons. The van der Waals surface area contributed by atoms with Gasteiger partial charge in [0.15, 0.2) is 11.6 Å². The summed E-state index contributed by atoms with van der Waals surface area (Å²) in [6, 6.07) is 13.9. The van der Waals surface area contributed by atoms with E-state index in [4.69, 9.17) is 0 Å². The number of hydrogen-bond acceptors (Lipinski definition) is 5. The van der Waals surface area contributed by atoms with Crippen molar-refractivity contribution in [1.82, 2.24) is 9.97 Å². The van der Waals surface area contributed by atoms with E-state index >= 15 is 0 Å². The molecule has 112 valence electrons. The van der Waals surface area contributed by atoms with Crippen LogP contribution in [0.5, 0.6) is 0 Å². The fourth-order valence-corrected chi connectivity index (χ4v) is 2.68. The topological polar surface area (TPSA) is 53.7 Å². The van der Waals surface area contributed by atoms with Gasteiger partial charge in [-0.05, 0) is 49.2 Å². The van der Waals surface area contributed by atoms with Crippen LogP contribution in [0.4, 0.5) is 28.7 Å². The smallest absolute Gasteiger partial charge is 0.166 e. The van der Waals surface area contributed by atoms with Gasteiger partial charge in [-0.25, -0.2) is 9.97 Å². The van der Waals surface area contributed by atoms with Gasteiger partial charge in [-0.3, -0.25) is 4.90 Å². The monoisotopic (exact) mass is 301 g/mol. The SMILES string of the molecule is Cc1cnc2c(c1)N=Nc1cccnc1N2c1ccccc1C. The van der Waals surface area contributed by atoms with Gasteiger partial charge in [-0.15, -0.1) is 10.2 Å². The molecule has 1 aliphatic rings. The maximum atomic E-state index is 4.61. The van der Waals surface area contributed by atoms with Crippen molar-refractivity contribution in [2.75, 3.05) is 4.90 Å². The Kier molecular flexibility index (Phi) is 3.12. The van der Waals surface area contributed by atoms with Crippen LogP contribution in [0.3, 0.4) is 0 Å². The first-order valence-corrected chi connectivity index (χ1v) is 7.43. The second kappa shape index (κ2) is 5.28. The Morgan fingerprint density at radius 1 is 0.826 bits per heavy atom. The number of aromatic nitrogens is 2. The van der Waals surface area contributed by atoms with Gasteiger partial charge >= 0.3 is 0 Å². The van der Waals surface area contributed by atoms with Crippen molar-refractivity contribution in [3.63, 3.8) is 0 Å². The summed E-state index contributed by atoms with van der Waals surface area (Å²) in [7, 11) is 0. The van der Waals surface area contributed by atoms with E-state index < -0.39 is 0 Å². The molecule has 3 aromatic rings. The number of para-hydroxylation sites is 1. The van der Waals surface area contributed by atoms with Gasteiger partial charge in [0, 0.05) is 12.4 Å². The maximum Gasteiger partial charge on any atom is 0.166 e. The van der Waals surface area contributed by atoms with Crippen molar-refractivity contribution in [2.24, 2.45) is 10.2 Å². The van der Waals surface area contributed by atoms with Crippen molar-refractivity contribution in [2.45, 2.75) is 13.8 Å². The van der Waals surface area contributed by atoms with Crippen LogP contribution in [0.15, 0.2) is 65.1 Å². The number of azo groups is 1. The molecular formula is C18H15N5. The molecule has 0 bridgehead atoms. The van der Waals surface area contributed by atoms with Crippen molar-refractivity contribution >= 4 is 28.7 Å². The van der Waals surface area contributed by atoms with Crippen molar-refractivity contribution < 1.29 is 0 Å². The average molecular weight is 301 g/mol. The third kappa shape index (κ3) is 2.26. The third-order valence-electron chi connectivity index (χ3n) is 3.80. The highest BCUT2D eigenvalue weighted by Crippen LogP contribution is 2.45. The molecule has 2 aromatic heterocycles. The van der Waals surface area contributed by atoms with Crippen molar-refractivity contribution in [3.8, 4) is 0 Å². The Labute approximate surface area is 134 Å². The van der Waals surface area contributed by atoms with Crippen LogP contribution >= 0.6 is 0 Å². The molecule has 5 heteroatoms. The lowest BCUT2D eigenvalue weighted by Gasteiger charge is -2.24.